The Balaban J connectivity index is 1.99. The van der Waals surface area contributed by atoms with Crippen LogP contribution >= 0.6 is 0 Å². The molecule has 1 atom stereocenters. The Morgan fingerprint density at radius 3 is 2.60 bits per heavy atom. The Morgan fingerprint density at radius 2 is 1.95 bits per heavy atom. The van der Waals surface area contributed by atoms with Crippen molar-refractivity contribution in [2.75, 3.05) is 7.11 Å². The molecule has 3 nitrogen and oxygen atoms in total. The molecule has 2 aromatic rings. The van der Waals surface area contributed by atoms with Gasteiger partial charge in [0.1, 0.15) is 17.3 Å². The van der Waals surface area contributed by atoms with Crippen LogP contribution in [0.3, 0.4) is 0 Å². The molecule has 1 heterocycles. The van der Waals surface area contributed by atoms with Gasteiger partial charge in [-0.1, -0.05) is 0 Å². The zero-order chi connectivity index (χ0) is 14.3. The zero-order valence-corrected chi connectivity index (χ0v) is 10.9. The van der Waals surface area contributed by atoms with Crippen LogP contribution in [-0.4, -0.2) is 18.1 Å². The Hall–Kier alpha value is -2.17. The van der Waals surface area contributed by atoms with E-state index in [0.29, 0.717) is 11.3 Å². The van der Waals surface area contributed by atoms with E-state index in [0.717, 1.165) is 30.2 Å². The van der Waals surface area contributed by atoms with Crippen molar-refractivity contribution in [2.24, 2.45) is 0 Å². The predicted molar refractivity (Wildman–Crippen MR) is 68.7 cm³/mol. The summed E-state index contributed by atoms with van der Waals surface area (Å²) in [6, 6.07) is 5.25. The molecule has 0 fully saturated rings. The number of hydrogen-bond acceptors (Lipinski definition) is 2. The summed E-state index contributed by atoms with van der Waals surface area (Å²) in [4.78, 5) is 14.5. The molecule has 1 aliphatic rings. The molecule has 1 unspecified atom stereocenters. The summed E-state index contributed by atoms with van der Waals surface area (Å²) in [7, 11) is 1.31. The number of aromatic nitrogens is 1. The van der Waals surface area contributed by atoms with Gasteiger partial charge in [-0.25, -0.2) is 13.6 Å². The molecule has 1 aromatic heterocycles. The molecule has 0 radical (unpaired) electrons. The summed E-state index contributed by atoms with van der Waals surface area (Å²) in [6.07, 6.45) is 1.51. The van der Waals surface area contributed by atoms with Crippen LogP contribution in [0.1, 0.15) is 39.6 Å². The number of nitrogens with one attached hydrogen (secondary N) is 1. The first-order valence-electron chi connectivity index (χ1n) is 6.34. The summed E-state index contributed by atoms with van der Waals surface area (Å²) in [5.74, 6) is -1.71. The highest BCUT2D eigenvalue weighted by Crippen LogP contribution is 2.38. The van der Waals surface area contributed by atoms with E-state index in [9.17, 15) is 13.6 Å². The van der Waals surface area contributed by atoms with Gasteiger partial charge in [-0.05, 0) is 42.2 Å². The van der Waals surface area contributed by atoms with Gasteiger partial charge in [0.2, 0.25) is 0 Å². The van der Waals surface area contributed by atoms with Gasteiger partial charge < -0.3 is 9.72 Å². The lowest BCUT2D eigenvalue weighted by Gasteiger charge is -2.10. The Labute approximate surface area is 114 Å². The molecule has 1 aromatic carbocycles. The Kier molecular flexibility index (Phi) is 3.04. The molecule has 104 valence electrons. The molecule has 3 rings (SSSR count). The molecule has 0 spiro atoms. The number of aryl methyl sites for hydroxylation is 1. The van der Waals surface area contributed by atoms with E-state index in [1.807, 2.05) is 0 Å². The van der Waals surface area contributed by atoms with E-state index in [2.05, 4.69) is 9.72 Å². The number of aromatic amines is 1. The third-order valence-electron chi connectivity index (χ3n) is 3.68. The van der Waals surface area contributed by atoms with Crippen LogP contribution in [0.5, 0.6) is 0 Å². The lowest BCUT2D eigenvalue weighted by Crippen LogP contribution is -2.02. The lowest BCUT2D eigenvalue weighted by atomic mass is 9.94. The molecular formula is C15H13F2NO2. The van der Waals surface area contributed by atoms with Crippen LogP contribution in [0.4, 0.5) is 8.78 Å². The molecule has 20 heavy (non-hydrogen) atoms. The summed E-state index contributed by atoms with van der Waals surface area (Å²) in [5, 5.41) is 0. The highest BCUT2D eigenvalue weighted by atomic mass is 19.1. The second kappa shape index (κ2) is 4.74. The van der Waals surface area contributed by atoms with Gasteiger partial charge in [0.25, 0.3) is 0 Å². The maximum atomic E-state index is 13.3. The molecule has 0 saturated heterocycles. The number of H-pyrrole nitrogens is 1. The Bertz CT molecular complexity index is 658. The predicted octanol–water partition coefficient (Wildman–Crippen LogP) is 3.16. The van der Waals surface area contributed by atoms with Crippen LogP contribution < -0.4 is 0 Å². The average Bonchev–Trinajstić information content (AvgIpc) is 2.95. The first-order valence-corrected chi connectivity index (χ1v) is 6.34. The third-order valence-corrected chi connectivity index (χ3v) is 3.68. The molecule has 1 N–H and O–H groups in total. The minimum absolute atomic E-state index is 0.0927. The van der Waals surface area contributed by atoms with Crippen LogP contribution in [0, 0.1) is 11.6 Å². The van der Waals surface area contributed by atoms with Crippen molar-refractivity contribution < 1.29 is 18.3 Å². The summed E-state index contributed by atoms with van der Waals surface area (Å²) < 4.78 is 31.3. The monoisotopic (exact) mass is 277 g/mol. The maximum absolute atomic E-state index is 13.3. The SMILES string of the molecule is COC(=O)c1cc2c([nH]1)CCC2c1cc(F)cc(F)c1. The average molecular weight is 277 g/mol. The van der Waals surface area contributed by atoms with Crippen molar-refractivity contribution in [3.8, 4) is 0 Å². The smallest absolute Gasteiger partial charge is 0.354 e. The van der Waals surface area contributed by atoms with E-state index in [4.69, 9.17) is 0 Å². The number of carbonyl (C=O) groups excluding carboxylic acids is 1. The highest BCUT2D eigenvalue weighted by Gasteiger charge is 2.28. The van der Waals surface area contributed by atoms with E-state index in [1.54, 1.807) is 6.07 Å². The first kappa shape index (κ1) is 12.8. The molecule has 0 saturated carbocycles. The largest absolute Gasteiger partial charge is 0.464 e. The van der Waals surface area contributed by atoms with Crippen molar-refractivity contribution in [3.05, 3.63) is 58.4 Å². The number of hydrogen-bond donors (Lipinski definition) is 1. The number of esters is 1. The quantitative estimate of drug-likeness (QED) is 0.857. The molecular weight excluding hydrogens is 264 g/mol. The number of benzene rings is 1. The highest BCUT2D eigenvalue weighted by molar-refractivity contribution is 5.88. The van der Waals surface area contributed by atoms with Gasteiger partial charge in [0.15, 0.2) is 0 Å². The summed E-state index contributed by atoms with van der Waals surface area (Å²) in [6.45, 7) is 0. The maximum Gasteiger partial charge on any atom is 0.354 e. The summed E-state index contributed by atoms with van der Waals surface area (Å²) >= 11 is 0. The van der Waals surface area contributed by atoms with Crippen LogP contribution in [0.25, 0.3) is 0 Å². The fraction of sp³-hybridized carbons (Fsp3) is 0.267. The number of fused-ring (bicyclic) bond motifs is 1. The molecule has 0 amide bonds. The molecule has 0 bridgehead atoms. The zero-order valence-electron chi connectivity index (χ0n) is 10.9. The number of ether oxygens (including phenoxy) is 1. The molecule has 5 heteroatoms. The Morgan fingerprint density at radius 1 is 1.25 bits per heavy atom. The van der Waals surface area contributed by atoms with Gasteiger partial charge in [-0.15, -0.1) is 0 Å². The fourth-order valence-electron chi connectivity index (χ4n) is 2.82. The number of rotatable bonds is 2. The second-order valence-electron chi connectivity index (χ2n) is 4.90. The van der Waals surface area contributed by atoms with Crippen LogP contribution in [0.15, 0.2) is 24.3 Å². The molecule has 0 aliphatic heterocycles. The van der Waals surface area contributed by atoms with Crippen molar-refractivity contribution in [3.63, 3.8) is 0 Å². The van der Waals surface area contributed by atoms with Crippen LogP contribution in [0.2, 0.25) is 0 Å². The van der Waals surface area contributed by atoms with E-state index in [-0.39, 0.29) is 5.92 Å². The second-order valence-corrected chi connectivity index (χ2v) is 4.90. The minimum Gasteiger partial charge on any atom is -0.464 e. The topological polar surface area (TPSA) is 42.1 Å². The number of carbonyl (C=O) groups is 1. The third kappa shape index (κ3) is 2.09. The van der Waals surface area contributed by atoms with Crippen molar-refractivity contribution >= 4 is 5.97 Å². The summed E-state index contributed by atoms with van der Waals surface area (Å²) in [5.41, 5.74) is 2.81. The standard InChI is InChI=1S/C15H13F2NO2/c1-20-15(19)14-7-12-11(2-3-13(12)18-14)8-4-9(16)6-10(17)5-8/h4-7,11,18H,2-3H2,1H3. The lowest BCUT2D eigenvalue weighted by molar-refractivity contribution is 0.0594. The van der Waals surface area contributed by atoms with Crippen molar-refractivity contribution in [1.29, 1.82) is 0 Å². The van der Waals surface area contributed by atoms with Gasteiger partial charge in [-0.2, -0.15) is 0 Å². The van der Waals surface area contributed by atoms with Crippen molar-refractivity contribution in [2.45, 2.75) is 18.8 Å². The number of halogens is 2. The minimum atomic E-state index is -0.586. The van der Waals surface area contributed by atoms with Gasteiger partial charge in [0.05, 0.1) is 7.11 Å². The first-order chi connectivity index (χ1) is 9.58. The van der Waals surface area contributed by atoms with E-state index >= 15 is 0 Å². The van der Waals surface area contributed by atoms with Gasteiger partial charge in [0, 0.05) is 17.7 Å². The van der Waals surface area contributed by atoms with Gasteiger partial charge >= 0.3 is 5.97 Å². The van der Waals surface area contributed by atoms with Crippen LogP contribution in [-0.2, 0) is 11.2 Å². The fourth-order valence-corrected chi connectivity index (χ4v) is 2.82. The van der Waals surface area contributed by atoms with Crippen molar-refractivity contribution in [1.82, 2.24) is 4.98 Å². The molecule has 1 aliphatic carbocycles. The van der Waals surface area contributed by atoms with E-state index < -0.39 is 17.6 Å². The van der Waals surface area contributed by atoms with E-state index in [1.165, 1.54) is 19.2 Å². The number of methoxy groups -OCH3 is 1. The normalized spacial score (nSPS) is 17.1. The van der Waals surface area contributed by atoms with Gasteiger partial charge in [-0.3, -0.25) is 0 Å².